The number of rotatable bonds is 4. The molecule has 0 aromatic carbocycles. The van der Waals surface area contributed by atoms with Crippen molar-refractivity contribution < 1.29 is 14.7 Å². The van der Waals surface area contributed by atoms with Gasteiger partial charge in [-0.1, -0.05) is 6.92 Å². The summed E-state index contributed by atoms with van der Waals surface area (Å²) in [5.41, 5.74) is 0. The Bertz CT molecular complexity index is 291. The lowest BCUT2D eigenvalue weighted by atomic mass is 9.91. The molecule has 1 aliphatic heterocycles. The van der Waals surface area contributed by atoms with Gasteiger partial charge in [-0.05, 0) is 39.2 Å². The van der Waals surface area contributed by atoms with Crippen molar-refractivity contribution >= 4 is 11.9 Å². The lowest BCUT2D eigenvalue weighted by molar-refractivity contribution is -0.147. The molecule has 17 heavy (non-hydrogen) atoms. The number of carboxylic acid groups (broad SMARTS) is 1. The quantitative estimate of drug-likeness (QED) is 0.761. The maximum absolute atomic E-state index is 11.7. The monoisotopic (exact) mass is 242 g/mol. The molecule has 0 aromatic rings. The fraction of sp³-hybridized carbons (Fsp3) is 0.833. The number of likely N-dealkylation sites (tertiary alicyclic amines) is 1. The van der Waals surface area contributed by atoms with Gasteiger partial charge in [0.05, 0.1) is 6.54 Å². The molecular formula is C12H22N2O3. The van der Waals surface area contributed by atoms with Crippen molar-refractivity contribution in [2.75, 3.05) is 13.1 Å². The number of piperidine rings is 1. The van der Waals surface area contributed by atoms with Crippen molar-refractivity contribution in [3.05, 3.63) is 0 Å². The number of hydrogen-bond acceptors (Lipinski definition) is 3. The molecule has 0 spiro atoms. The SMILES string of the molecule is CC(C)NC(=O)CN1CCCC(C)C1C(=O)O. The Morgan fingerprint density at radius 2 is 2.12 bits per heavy atom. The van der Waals surface area contributed by atoms with Crippen LogP contribution in [0, 0.1) is 5.92 Å². The molecule has 1 aliphatic rings. The molecule has 1 rings (SSSR count). The Kier molecular flexibility index (Phi) is 4.93. The van der Waals surface area contributed by atoms with Gasteiger partial charge >= 0.3 is 5.97 Å². The van der Waals surface area contributed by atoms with Crippen molar-refractivity contribution in [3.8, 4) is 0 Å². The van der Waals surface area contributed by atoms with E-state index in [-0.39, 0.29) is 24.4 Å². The van der Waals surface area contributed by atoms with Crippen LogP contribution < -0.4 is 5.32 Å². The van der Waals surface area contributed by atoms with Gasteiger partial charge in [-0.2, -0.15) is 0 Å². The van der Waals surface area contributed by atoms with Gasteiger partial charge in [-0.3, -0.25) is 14.5 Å². The predicted molar refractivity (Wildman–Crippen MR) is 64.7 cm³/mol. The first-order valence-electron chi connectivity index (χ1n) is 6.18. The third-order valence-corrected chi connectivity index (χ3v) is 3.09. The molecule has 0 radical (unpaired) electrons. The van der Waals surface area contributed by atoms with Crippen molar-refractivity contribution in [2.24, 2.45) is 5.92 Å². The second-order valence-electron chi connectivity index (χ2n) is 5.10. The minimum atomic E-state index is -0.824. The van der Waals surface area contributed by atoms with E-state index in [4.69, 9.17) is 0 Å². The van der Waals surface area contributed by atoms with E-state index in [9.17, 15) is 14.7 Å². The van der Waals surface area contributed by atoms with Crippen molar-refractivity contribution in [2.45, 2.75) is 45.7 Å². The van der Waals surface area contributed by atoms with Gasteiger partial charge in [-0.15, -0.1) is 0 Å². The average molecular weight is 242 g/mol. The first-order valence-corrected chi connectivity index (χ1v) is 6.18. The molecule has 5 heteroatoms. The highest BCUT2D eigenvalue weighted by molar-refractivity contribution is 5.80. The van der Waals surface area contributed by atoms with Gasteiger partial charge in [0.2, 0.25) is 5.91 Å². The second-order valence-corrected chi connectivity index (χ2v) is 5.10. The van der Waals surface area contributed by atoms with E-state index in [1.165, 1.54) is 0 Å². The molecule has 0 saturated carbocycles. The summed E-state index contributed by atoms with van der Waals surface area (Å²) in [6, 6.07) is -0.436. The summed E-state index contributed by atoms with van der Waals surface area (Å²) >= 11 is 0. The van der Waals surface area contributed by atoms with Gasteiger partial charge < -0.3 is 10.4 Å². The Hall–Kier alpha value is -1.10. The highest BCUT2D eigenvalue weighted by Crippen LogP contribution is 2.23. The number of nitrogens with one attached hydrogen (secondary N) is 1. The normalized spacial score (nSPS) is 25.9. The smallest absolute Gasteiger partial charge is 0.321 e. The highest BCUT2D eigenvalue weighted by Gasteiger charge is 2.34. The van der Waals surface area contributed by atoms with E-state index < -0.39 is 12.0 Å². The molecule has 1 amide bonds. The van der Waals surface area contributed by atoms with Gasteiger partial charge in [-0.25, -0.2) is 0 Å². The first kappa shape index (κ1) is 14.0. The topological polar surface area (TPSA) is 69.6 Å². The van der Waals surface area contributed by atoms with Gasteiger partial charge in [0.15, 0.2) is 0 Å². The zero-order valence-electron chi connectivity index (χ0n) is 10.8. The molecule has 2 atom stereocenters. The number of carboxylic acids is 1. The van der Waals surface area contributed by atoms with E-state index in [0.29, 0.717) is 6.54 Å². The minimum Gasteiger partial charge on any atom is -0.480 e. The van der Waals surface area contributed by atoms with Crippen LogP contribution in [-0.4, -0.2) is 47.1 Å². The molecule has 1 fully saturated rings. The number of aliphatic carboxylic acids is 1. The lowest BCUT2D eigenvalue weighted by Gasteiger charge is -2.36. The number of carbonyl (C=O) groups excluding carboxylic acids is 1. The average Bonchev–Trinajstić information content (AvgIpc) is 2.15. The highest BCUT2D eigenvalue weighted by atomic mass is 16.4. The van der Waals surface area contributed by atoms with Crippen LogP contribution in [0.1, 0.15) is 33.6 Å². The maximum Gasteiger partial charge on any atom is 0.321 e. The standard InChI is InChI=1S/C12H22N2O3/c1-8(2)13-10(15)7-14-6-4-5-9(3)11(14)12(16)17/h8-9,11H,4-7H2,1-3H3,(H,13,15)(H,16,17). The van der Waals surface area contributed by atoms with Crippen LogP contribution in [0.15, 0.2) is 0 Å². The molecule has 5 nitrogen and oxygen atoms in total. The summed E-state index contributed by atoms with van der Waals surface area (Å²) in [5, 5.41) is 12.0. The molecule has 98 valence electrons. The summed E-state index contributed by atoms with van der Waals surface area (Å²) < 4.78 is 0. The summed E-state index contributed by atoms with van der Waals surface area (Å²) in [6.07, 6.45) is 1.87. The molecule has 0 bridgehead atoms. The molecule has 1 heterocycles. The Labute approximate surface area is 102 Å². The first-order chi connectivity index (χ1) is 7.91. The Balaban J connectivity index is 2.60. The number of carbonyl (C=O) groups is 2. The van der Waals surface area contributed by atoms with Gasteiger partial charge in [0, 0.05) is 6.04 Å². The fourth-order valence-corrected chi connectivity index (χ4v) is 2.40. The van der Waals surface area contributed by atoms with E-state index in [2.05, 4.69) is 5.32 Å². The molecule has 2 N–H and O–H groups in total. The van der Waals surface area contributed by atoms with Crippen LogP contribution in [0.4, 0.5) is 0 Å². The summed E-state index contributed by atoms with van der Waals surface area (Å²) in [7, 11) is 0. The summed E-state index contributed by atoms with van der Waals surface area (Å²) in [5.74, 6) is -0.817. The van der Waals surface area contributed by atoms with Crippen molar-refractivity contribution in [1.29, 1.82) is 0 Å². The van der Waals surface area contributed by atoms with Gasteiger partial charge in [0.25, 0.3) is 0 Å². The van der Waals surface area contributed by atoms with Crippen LogP contribution in [-0.2, 0) is 9.59 Å². The van der Waals surface area contributed by atoms with E-state index in [0.717, 1.165) is 12.8 Å². The van der Waals surface area contributed by atoms with E-state index in [1.807, 2.05) is 20.8 Å². The van der Waals surface area contributed by atoms with E-state index in [1.54, 1.807) is 4.90 Å². The third-order valence-electron chi connectivity index (χ3n) is 3.09. The van der Waals surface area contributed by atoms with Crippen molar-refractivity contribution in [1.82, 2.24) is 10.2 Å². The molecular weight excluding hydrogens is 220 g/mol. The number of nitrogens with zero attached hydrogens (tertiary/aromatic N) is 1. The van der Waals surface area contributed by atoms with Crippen LogP contribution in [0.5, 0.6) is 0 Å². The third kappa shape index (κ3) is 4.00. The Morgan fingerprint density at radius 3 is 2.65 bits per heavy atom. The summed E-state index contributed by atoms with van der Waals surface area (Å²) in [6.45, 7) is 6.59. The molecule has 0 aliphatic carbocycles. The van der Waals surface area contributed by atoms with Gasteiger partial charge in [0.1, 0.15) is 6.04 Å². The minimum absolute atomic E-state index is 0.0907. The second kappa shape index (κ2) is 6.00. The largest absolute Gasteiger partial charge is 0.480 e. The molecule has 0 aromatic heterocycles. The van der Waals surface area contributed by atoms with Crippen molar-refractivity contribution in [3.63, 3.8) is 0 Å². The molecule has 2 unspecified atom stereocenters. The lowest BCUT2D eigenvalue weighted by Crippen LogP contribution is -2.52. The predicted octanol–water partition coefficient (Wildman–Crippen LogP) is 0.696. The van der Waals surface area contributed by atoms with Crippen LogP contribution in [0.3, 0.4) is 0 Å². The van der Waals surface area contributed by atoms with Crippen LogP contribution in [0.2, 0.25) is 0 Å². The Morgan fingerprint density at radius 1 is 1.47 bits per heavy atom. The van der Waals surface area contributed by atoms with E-state index >= 15 is 0 Å². The van der Waals surface area contributed by atoms with Crippen LogP contribution >= 0.6 is 0 Å². The number of amides is 1. The van der Waals surface area contributed by atoms with Crippen LogP contribution in [0.25, 0.3) is 0 Å². The molecule has 1 saturated heterocycles. The fourth-order valence-electron chi connectivity index (χ4n) is 2.40. The number of hydrogen-bond donors (Lipinski definition) is 2. The summed E-state index contributed by atoms with van der Waals surface area (Å²) in [4.78, 5) is 24.6. The zero-order valence-corrected chi connectivity index (χ0v) is 10.8. The maximum atomic E-state index is 11.7. The zero-order chi connectivity index (χ0) is 13.0.